The van der Waals surface area contributed by atoms with E-state index in [1.807, 2.05) is 18.3 Å². The number of hydrogen-bond acceptors (Lipinski definition) is 4. The molecule has 3 N–H and O–H groups in total. The minimum Gasteiger partial charge on any atom is -0.450 e. The van der Waals surface area contributed by atoms with Crippen LogP contribution in [0.3, 0.4) is 0 Å². The van der Waals surface area contributed by atoms with Gasteiger partial charge in [0.05, 0.1) is 13.2 Å². The average molecular weight is 520 g/mol. The fraction of sp³-hybridized carbons (Fsp3) is 0.700. The number of guanidine groups is 1. The Morgan fingerprint density at radius 1 is 1.36 bits per heavy atom. The Morgan fingerprint density at radius 3 is 2.68 bits per heavy atom. The van der Waals surface area contributed by atoms with E-state index in [0.717, 1.165) is 19.4 Å². The van der Waals surface area contributed by atoms with Crippen LogP contribution in [0.2, 0.25) is 0 Å². The summed E-state index contributed by atoms with van der Waals surface area (Å²) >= 11 is 1.84. The van der Waals surface area contributed by atoms with Crippen LogP contribution in [-0.4, -0.2) is 49.2 Å². The quantitative estimate of drug-likeness (QED) is 0.348. The van der Waals surface area contributed by atoms with Gasteiger partial charge in [0.1, 0.15) is 0 Å². The molecule has 1 aromatic rings. The van der Waals surface area contributed by atoms with Crippen LogP contribution in [0, 0.1) is 0 Å². The average Bonchev–Trinajstić information content (AvgIpc) is 3.23. The Labute approximate surface area is 189 Å². The second-order valence-electron chi connectivity index (χ2n) is 7.62. The Morgan fingerprint density at radius 2 is 2.07 bits per heavy atom. The first-order chi connectivity index (χ1) is 13.1. The minimum atomic E-state index is -0.215. The van der Waals surface area contributed by atoms with Crippen LogP contribution in [0.4, 0.5) is 4.79 Å². The molecular formula is C20H33IN4O2S. The maximum Gasteiger partial charge on any atom is 0.409 e. The van der Waals surface area contributed by atoms with Crippen molar-refractivity contribution in [3.63, 3.8) is 0 Å². The molecule has 1 aromatic heterocycles. The summed E-state index contributed by atoms with van der Waals surface area (Å²) in [4.78, 5) is 19.7. The van der Waals surface area contributed by atoms with E-state index in [9.17, 15) is 4.79 Å². The predicted molar refractivity (Wildman–Crippen MR) is 126 cm³/mol. The zero-order valence-electron chi connectivity index (χ0n) is 16.7. The van der Waals surface area contributed by atoms with Gasteiger partial charge in [-0.25, -0.2) is 4.79 Å². The number of carbonyl (C=O) groups is 1. The minimum absolute atomic E-state index is 0. The molecule has 2 heterocycles. The van der Waals surface area contributed by atoms with Crippen molar-refractivity contribution < 1.29 is 9.53 Å². The van der Waals surface area contributed by atoms with Crippen LogP contribution < -0.4 is 11.1 Å². The molecular weight excluding hydrogens is 487 g/mol. The number of ether oxygens (including phenoxy) is 1. The molecule has 1 saturated carbocycles. The van der Waals surface area contributed by atoms with Crippen molar-refractivity contribution in [2.75, 3.05) is 26.2 Å². The molecule has 0 aromatic carbocycles. The number of rotatable bonds is 5. The zero-order chi connectivity index (χ0) is 19.1. The highest BCUT2D eigenvalue weighted by Gasteiger charge is 2.34. The van der Waals surface area contributed by atoms with E-state index < -0.39 is 0 Å². The van der Waals surface area contributed by atoms with E-state index in [-0.39, 0.29) is 41.5 Å². The molecule has 0 unspecified atom stereocenters. The summed E-state index contributed by atoms with van der Waals surface area (Å²) in [5.74, 6) is 0.533. The van der Waals surface area contributed by atoms with Gasteiger partial charge >= 0.3 is 6.09 Å². The third-order valence-electron chi connectivity index (χ3n) is 5.78. The highest BCUT2D eigenvalue weighted by molar-refractivity contribution is 14.0. The number of piperidine rings is 1. The van der Waals surface area contributed by atoms with E-state index in [4.69, 9.17) is 15.5 Å². The number of nitrogens with zero attached hydrogens (tertiary/aromatic N) is 2. The van der Waals surface area contributed by atoms with Gasteiger partial charge in [-0.1, -0.05) is 25.3 Å². The van der Waals surface area contributed by atoms with Crippen LogP contribution >= 0.6 is 35.3 Å². The molecule has 158 valence electrons. The first-order valence-electron chi connectivity index (χ1n) is 10.1. The van der Waals surface area contributed by atoms with E-state index in [2.05, 4.69) is 22.8 Å². The normalized spacial score (nSPS) is 20.3. The monoisotopic (exact) mass is 520 g/mol. The number of carbonyl (C=O) groups excluding carboxylic acids is 1. The second kappa shape index (κ2) is 11.2. The van der Waals surface area contributed by atoms with Crippen molar-refractivity contribution >= 4 is 47.4 Å². The number of hydrogen-bond donors (Lipinski definition) is 2. The van der Waals surface area contributed by atoms with Gasteiger partial charge in [-0.05, 0) is 44.1 Å². The Kier molecular flexibility index (Phi) is 9.33. The van der Waals surface area contributed by atoms with Crippen LogP contribution in [0.15, 0.2) is 22.5 Å². The van der Waals surface area contributed by atoms with Gasteiger partial charge in [-0.15, -0.1) is 35.3 Å². The van der Waals surface area contributed by atoms with Gasteiger partial charge in [-0.3, -0.25) is 4.99 Å². The first kappa shape index (κ1) is 23.3. The number of halogens is 1. The Balaban J connectivity index is 0.00000280. The van der Waals surface area contributed by atoms with E-state index >= 15 is 0 Å². The molecule has 0 atom stereocenters. The maximum atomic E-state index is 11.8. The van der Waals surface area contributed by atoms with Gasteiger partial charge in [0.2, 0.25) is 0 Å². The van der Waals surface area contributed by atoms with Crippen LogP contribution in [0.25, 0.3) is 0 Å². The molecule has 28 heavy (non-hydrogen) atoms. The number of nitrogens with two attached hydrogens (primary N) is 1. The molecule has 0 spiro atoms. The summed E-state index contributed by atoms with van der Waals surface area (Å²) in [6.45, 7) is 4.40. The van der Waals surface area contributed by atoms with E-state index in [0.29, 0.717) is 25.7 Å². The summed E-state index contributed by atoms with van der Waals surface area (Å²) in [5, 5.41) is 5.53. The standard InChI is InChI=1S/C20H32N4O2S.HI/c1-2-26-19(25)24-12-8-16(9-13-24)23-18(21)22-15-20(10-4-3-5-11-20)17-7-6-14-27-17;/h6-7,14,16H,2-5,8-13,15H2,1H3,(H3,21,22,23);1H. The van der Waals surface area contributed by atoms with Crippen molar-refractivity contribution in [3.05, 3.63) is 22.4 Å². The molecule has 1 amide bonds. The van der Waals surface area contributed by atoms with Gasteiger partial charge in [0.25, 0.3) is 0 Å². The largest absolute Gasteiger partial charge is 0.450 e. The number of aliphatic imine (C=N–C) groups is 1. The second-order valence-corrected chi connectivity index (χ2v) is 8.57. The van der Waals surface area contributed by atoms with Crippen molar-refractivity contribution in [1.82, 2.24) is 10.2 Å². The van der Waals surface area contributed by atoms with Crippen molar-refractivity contribution in [1.29, 1.82) is 0 Å². The number of amides is 1. The van der Waals surface area contributed by atoms with E-state index in [1.165, 1.54) is 37.0 Å². The molecule has 1 aliphatic carbocycles. The third kappa shape index (κ3) is 5.98. The SMILES string of the molecule is CCOC(=O)N1CCC(NC(N)=NCC2(c3cccs3)CCCCC2)CC1.I. The molecule has 2 fully saturated rings. The summed E-state index contributed by atoms with van der Waals surface area (Å²) in [6, 6.07) is 4.66. The lowest BCUT2D eigenvalue weighted by molar-refractivity contribution is 0.0963. The van der Waals surface area contributed by atoms with Gasteiger partial charge in [0, 0.05) is 29.4 Å². The van der Waals surface area contributed by atoms with E-state index in [1.54, 1.807) is 4.90 Å². The number of thiophene rings is 1. The highest BCUT2D eigenvalue weighted by atomic mass is 127. The Hall–Kier alpha value is -1.03. The Bertz CT molecular complexity index is 624. The van der Waals surface area contributed by atoms with Crippen LogP contribution in [-0.2, 0) is 10.2 Å². The lowest BCUT2D eigenvalue weighted by Gasteiger charge is -2.35. The maximum absolute atomic E-state index is 11.8. The summed E-state index contributed by atoms with van der Waals surface area (Å²) in [7, 11) is 0. The molecule has 2 aliphatic rings. The zero-order valence-corrected chi connectivity index (χ0v) is 19.8. The summed E-state index contributed by atoms with van der Waals surface area (Å²) in [6.07, 6.45) is 7.78. The number of likely N-dealkylation sites (tertiary alicyclic amines) is 1. The van der Waals surface area contributed by atoms with Gasteiger partial charge in [-0.2, -0.15) is 0 Å². The topological polar surface area (TPSA) is 80.0 Å². The molecule has 6 nitrogen and oxygen atoms in total. The lowest BCUT2D eigenvalue weighted by Crippen LogP contribution is -2.49. The molecule has 8 heteroatoms. The van der Waals surface area contributed by atoms with Crippen molar-refractivity contribution in [2.45, 2.75) is 63.3 Å². The van der Waals surface area contributed by atoms with Crippen LogP contribution in [0.1, 0.15) is 56.7 Å². The molecule has 0 bridgehead atoms. The summed E-state index contributed by atoms with van der Waals surface area (Å²) in [5.41, 5.74) is 6.37. The molecule has 1 aliphatic heterocycles. The third-order valence-corrected chi connectivity index (χ3v) is 6.90. The molecule has 3 rings (SSSR count). The number of nitrogens with one attached hydrogen (secondary N) is 1. The van der Waals surface area contributed by atoms with Gasteiger partial charge in [0.15, 0.2) is 5.96 Å². The summed E-state index contributed by atoms with van der Waals surface area (Å²) < 4.78 is 5.07. The first-order valence-corrected chi connectivity index (χ1v) is 11.0. The fourth-order valence-electron chi connectivity index (χ4n) is 4.20. The van der Waals surface area contributed by atoms with Gasteiger partial charge < -0.3 is 20.7 Å². The molecule has 0 radical (unpaired) electrons. The fourth-order valence-corrected chi connectivity index (χ4v) is 5.18. The van der Waals surface area contributed by atoms with Crippen LogP contribution in [0.5, 0.6) is 0 Å². The smallest absolute Gasteiger partial charge is 0.409 e. The van der Waals surface area contributed by atoms with Crippen molar-refractivity contribution in [2.24, 2.45) is 10.7 Å². The van der Waals surface area contributed by atoms with Crippen molar-refractivity contribution in [3.8, 4) is 0 Å². The predicted octanol–water partition coefficient (Wildman–Crippen LogP) is 4.09. The highest BCUT2D eigenvalue weighted by Crippen LogP contribution is 2.41. The lowest BCUT2D eigenvalue weighted by atomic mass is 9.73. The molecule has 1 saturated heterocycles.